The molecule has 164 valence electrons. The first-order valence-electron chi connectivity index (χ1n) is 10.1. The largest absolute Gasteiger partial charge is 0.496 e. The number of halogens is 1. The Kier molecular flexibility index (Phi) is 6.32. The SMILES string of the molecule is COc1ccccc1[C@H]1CC(c2cccs2)=NN1C(=O)CN(C)C(=O)c1ccccc1F. The zero-order valence-corrected chi connectivity index (χ0v) is 18.5. The normalized spacial score (nSPS) is 15.4. The molecule has 6 nitrogen and oxygen atoms in total. The Morgan fingerprint density at radius 2 is 1.91 bits per heavy atom. The molecule has 0 bridgehead atoms. The van der Waals surface area contributed by atoms with E-state index < -0.39 is 11.7 Å². The van der Waals surface area contributed by atoms with Crippen molar-refractivity contribution in [1.29, 1.82) is 0 Å². The summed E-state index contributed by atoms with van der Waals surface area (Å²) in [6.45, 7) is -0.236. The molecule has 1 aliphatic rings. The van der Waals surface area contributed by atoms with Gasteiger partial charge in [-0.3, -0.25) is 9.59 Å². The van der Waals surface area contributed by atoms with Gasteiger partial charge in [-0.25, -0.2) is 9.40 Å². The Labute approximate surface area is 189 Å². The van der Waals surface area contributed by atoms with Crippen molar-refractivity contribution in [3.05, 3.63) is 87.9 Å². The van der Waals surface area contributed by atoms with Crippen molar-refractivity contribution >= 4 is 28.9 Å². The van der Waals surface area contributed by atoms with E-state index in [9.17, 15) is 14.0 Å². The molecule has 32 heavy (non-hydrogen) atoms. The van der Waals surface area contributed by atoms with Gasteiger partial charge < -0.3 is 9.64 Å². The third-order valence-electron chi connectivity index (χ3n) is 5.29. The molecule has 2 amide bonds. The second-order valence-electron chi connectivity index (χ2n) is 7.37. The summed E-state index contributed by atoms with van der Waals surface area (Å²) in [7, 11) is 3.06. The molecule has 0 aliphatic carbocycles. The molecular weight excluding hydrogens is 429 g/mol. The zero-order valence-electron chi connectivity index (χ0n) is 17.7. The number of ether oxygens (including phenoxy) is 1. The van der Waals surface area contributed by atoms with Crippen LogP contribution in [0.5, 0.6) is 5.75 Å². The summed E-state index contributed by atoms with van der Waals surface area (Å²) in [6, 6.07) is 16.8. The van der Waals surface area contributed by atoms with Gasteiger partial charge in [-0.15, -0.1) is 11.3 Å². The monoisotopic (exact) mass is 451 g/mol. The number of carbonyl (C=O) groups is 2. The summed E-state index contributed by atoms with van der Waals surface area (Å²) in [5.74, 6) is -0.886. The summed E-state index contributed by atoms with van der Waals surface area (Å²) in [5, 5.41) is 7.98. The van der Waals surface area contributed by atoms with E-state index in [1.165, 1.54) is 35.2 Å². The lowest BCUT2D eigenvalue weighted by atomic mass is 10.00. The van der Waals surface area contributed by atoms with Crippen molar-refractivity contribution in [3.63, 3.8) is 0 Å². The first kappa shape index (κ1) is 21.7. The van der Waals surface area contributed by atoms with E-state index in [-0.39, 0.29) is 24.1 Å². The number of hydrogen-bond acceptors (Lipinski definition) is 5. The predicted octanol–water partition coefficient (Wildman–Crippen LogP) is 4.35. The number of likely N-dealkylation sites (N-methyl/N-ethyl adjacent to an activating group) is 1. The van der Waals surface area contributed by atoms with Crippen LogP contribution in [0.15, 0.2) is 71.1 Å². The van der Waals surface area contributed by atoms with Crippen molar-refractivity contribution in [2.24, 2.45) is 5.10 Å². The van der Waals surface area contributed by atoms with E-state index in [2.05, 4.69) is 5.10 Å². The van der Waals surface area contributed by atoms with Crippen molar-refractivity contribution in [3.8, 4) is 5.75 Å². The van der Waals surface area contributed by atoms with Crippen LogP contribution < -0.4 is 4.74 Å². The molecular formula is C24H22FN3O3S. The van der Waals surface area contributed by atoms with E-state index in [1.807, 2.05) is 41.8 Å². The molecule has 3 aromatic rings. The number of hydrazone groups is 1. The van der Waals surface area contributed by atoms with Gasteiger partial charge in [0.25, 0.3) is 11.8 Å². The third-order valence-corrected chi connectivity index (χ3v) is 6.21. The number of para-hydroxylation sites is 1. The molecule has 0 unspecified atom stereocenters. The fraction of sp³-hybridized carbons (Fsp3) is 0.208. The minimum Gasteiger partial charge on any atom is -0.496 e. The summed E-state index contributed by atoms with van der Waals surface area (Å²) in [5.41, 5.74) is 1.56. The van der Waals surface area contributed by atoms with Crippen molar-refractivity contribution in [2.45, 2.75) is 12.5 Å². The van der Waals surface area contributed by atoms with Crippen LogP contribution in [0.4, 0.5) is 4.39 Å². The average molecular weight is 452 g/mol. The van der Waals surface area contributed by atoms with E-state index >= 15 is 0 Å². The summed E-state index contributed by atoms with van der Waals surface area (Å²) in [6.07, 6.45) is 0.525. The molecule has 0 radical (unpaired) electrons. The van der Waals surface area contributed by atoms with E-state index in [0.717, 1.165) is 16.2 Å². The first-order chi connectivity index (χ1) is 15.5. The van der Waals surface area contributed by atoms with Gasteiger partial charge in [0.2, 0.25) is 0 Å². The molecule has 0 fully saturated rings. The number of nitrogens with zero attached hydrogens (tertiary/aromatic N) is 3. The third kappa shape index (κ3) is 4.27. The van der Waals surface area contributed by atoms with E-state index in [1.54, 1.807) is 24.5 Å². The fourth-order valence-corrected chi connectivity index (χ4v) is 4.42. The highest BCUT2D eigenvalue weighted by molar-refractivity contribution is 7.12. The Hall–Kier alpha value is -3.52. The molecule has 0 N–H and O–H groups in total. The minimum atomic E-state index is -0.622. The second-order valence-corrected chi connectivity index (χ2v) is 8.31. The highest BCUT2D eigenvalue weighted by Gasteiger charge is 2.35. The molecule has 0 saturated carbocycles. The van der Waals surface area contributed by atoms with Crippen LogP contribution in [-0.4, -0.2) is 48.1 Å². The van der Waals surface area contributed by atoms with Crippen molar-refractivity contribution < 1.29 is 18.7 Å². The number of benzene rings is 2. The number of rotatable bonds is 6. The van der Waals surface area contributed by atoms with Gasteiger partial charge in [0.1, 0.15) is 18.1 Å². The number of hydrogen-bond donors (Lipinski definition) is 0. The van der Waals surface area contributed by atoms with Gasteiger partial charge in [0, 0.05) is 19.0 Å². The average Bonchev–Trinajstić information content (AvgIpc) is 3.49. The molecule has 8 heteroatoms. The molecule has 2 heterocycles. The van der Waals surface area contributed by atoms with Gasteiger partial charge >= 0.3 is 0 Å². The number of amides is 2. The van der Waals surface area contributed by atoms with Gasteiger partial charge in [-0.05, 0) is 29.6 Å². The topological polar surface area (TPSA) is 62.2 Å². The van der Waals surface area contributed by atoms with Gasteiger partial charge in [0.05, 0.1) is 29.3 Å². The highest BCUT2D eigenvalue weighted by atomic mass is 32.1. The Morgan fingerprint density at radius 3 is 2.62 bits per heavy atom. The van der Waals surface area contributed by atoms with E-state index in [0.29, 0.717) is 12.2 Å². The van der Waals surface area contributed by atoms with Crippen LogP contribution in [0.3, 0.4) is 0 Å². The molecule has 4 rings (SSSR count). The van der Waals surface area contributed by atoms with Crippen LogP contribution in [0.1, 0.15) is 33.3 Å². The Balaban J connectivity index is 1.61. The first-order valence-corrected chi connectivity index (χ1v) is 10.9. The maximum Gasteiger partial charge on any atom is 0.262 e. The predicted molar refractivity (Wildman–Crippen MR) is 121 cm³/mol. The van der Waals surface area contributed by atoms with Crippen LogP contribution in [0.25, 0.3) is 0 Å². The van der Waals surface area contributed by atoms with Crippen LogP contribution in [0.2, 0.25) is 0 Å². The highest BCUT2D eigenvalue weighted by Crippen LogP contribution is 2.38. The fourth-order valence-electron chi connectivity index (χ4n) is 3.70. The quantitative estimate of drug-likeness (QED) is 0.560. The van der Waals surface area contributed by atoms with Gasteiger partial charge in [-0.2, -0.15) is 5.10 Å². The number of thiophene rings is 1. The van der Waals surface area contributed by atoms with Gasteiger partial charge in [-0.1, -0.05) is 36.4 Å². The summed E-state index contributed by atoms with van der Waals surface area (Å²) in [4.78, 5) is 28.1. The summed E-state index contributed by atoms with van der Waals surface area (Å²) >= 11 is 1.55. The number of methoxy groups -OCH3 is 1. The molecule has 2 aromatic carbocycles. The molecule has 1 aromatic heterocycles. The maximum absolute atomic E-state index is 14.0. The lowest BCUT2D eigenvalue weighted by Gasteiger charge is -2.26. The molecule has 0 spiro atoms. The van der Waals surface area contributed by atoms with Crippen LogP contribution >= 0.6 is 11.3 Å². The lowest BCUT2D eigenvalue weighted by Crippen LogP contribution is -2.39. The Morgan fingerprint density at radius 1 is 1.16 bits per heavy atom. The molecule has 0 saturated heterocycles. The smallest absolute Gasteiger partial charge is 0.262 e. The zero-order chi connectivity index (χ0) is 22.7. The number of carbonyl (C=O) groups excluding carboxylic acids is 2. The van der Waals surface area contributed by atoms with Crippen LogP contribution in [-0.2, 0) is 4.79 Å². The lowest BCUT2D eigenvalue weighted by molar-refractivity contribution is -0.133. The minimum absolute atomic E-state index is 0.0757. The second kappa shape index (κ2) is 9.32. The standard InChI is InChI=1S/C24H22FN3O3S/c1-27(24(30)16-8-3-5-10-18(16)25)15-23(29)28-20(17-9-4-6-11-21(17)31-2)14-19(26-28)22-12-7-13-32-22/h3-13,20H,14-15H2,1-2H3/t20-/m1/s1. The van der Waals surface area contributed by atoms with Gasteiger partial charge in [0.15, 0.2) is 0 Å². The molecule has 1 atom stereocenters. The summed E-state index contributed by atoms with van der Waals surface area (Å²) < 4.78 is 19.5. The van der Waals surface area contributed by atoms with Crippen molar-refractivity contribution in [2.75, 3.05) is 20.7 Å². The van der Waals surface area contributed by atoms with Crippen LogP contribution in [0, 0.1) is 5.82 Å². The molecule has 1 aliphatic heterocycles. The Bertz CT molecular complexity index is 1160. The van der Waals surface area contributed by atoms with E-state index in [4.69, 9.17) is 4.74 Å². The van der Waals surface area contributed by atoms with Crippen molar-refractivity contribution in [1.82, 2.24) is 9.91 Å². The maximum atomic E-state index is 14.0.